The number of fused-ring (bicyclic) bond motifs is 3. The van der Waals surface area contributed by atoms with Gasteiger partial charge in [-0.3, -0.25) is 4.79 Å². The SMILES string of the molecule is CSc1nc(-c2cccc3c2oc2ccccc23)c(C#N)c(=O)[nH]1. The number of para-hydroxylation sites is 2. The summed E-state index contributed by atoms with van der Waals surface area (Å²) in [4.78, 5) is 19.2. The van der Waals surface area contributed by atoms with Gasteiger partial charge in [0.1, 0.15) is 28.5 Å². The molecule has 2 heterocycles. The largest absolute Gasteiger partial charge is 0.455 e. The van der Waals surface area contributed by atoms with Crippen LogP contribution in [0.25, 0.3) is 33.2 Å². The van der Waals surface area contributed by atoms with Crippen LogP contribution >= 0.6 is 11.8 Å². The van der Waals surface area contributed by atoms with Gasteiger partial charge < -0.3 is 9.40 Å². The summed E-state index contributed by atoms with van der Waals surface area (Å²) in [6.07, 6.45) is 1.82. The highest BCUT2D eigenvalue weighted by Gasteiger charge is 2.18. The molecule has 0 aliphatic heterocycles. The Hall–Kier alpha value is -3.04. The Morgan fingerprint density at radius 1 is 1.17 bits per heavy atom. The molecule has 6 heteroatoms. The molecule has 24 heavy (non-hydrogen) atoms. The van der Waals surface area contributed by atoms with E-state index in [4.69, 9.17) is 4.42 Å². The van der Waals surface area contributed by atoms with Gasteiger partial charge in [0.15, 0.2) is 5.16 Å². The topological polar surface area (TPSA) is 82.7 Å². The van der Waals surface area contributed by atoms with Gasteiger partial charge in [-0.25, -0.2) is 4.98 Å². The Labute approximate surface area is 140 Å². The summed E-state index contributed by atoms with van der Waals surface area (Å²) in [5.74, 6) is 0. The van der Waals surface area contributed by atoms with Crippen LogP contribution in [0.5, 0.6) is 0 Å². The van der Waals surface area contributed by atoms with Gasteiger partial charge in [-0.15, -0.1) is 0 Å². The van der Waals surface area contributed by atoms with E-state index in [1.807, 2.05) is 54.8 Å². The molecule has 0 aliphatic rings. The molecule has 0 bridgehead atoms. The summed E-state index contributed by atoms with van der Waals surface area (Å²) in [6.45, 7) is 0. The first-order valence-electron chi connectivity index (χ1n) is 7.22. The molecule has 116 valence electrons. The lowest BCUT2D eigenvalue weighted by Crippen LogP contribution is -2.14. The summed E-state index contributed by atoms with van der Waals surface area (Å²) >= 11 is 1.31. The number of thioether (sulfide) groups is 1. The van der Waals surface area contributed by atoms with Crippen LogP contribution in [0, 0.1) is 11.3 Å². The van der Waals surface area contributed by atoms with Crippen molar-refractivity contribution in [1.82, 2.24) is 9.97 Å². The molecule has 0 unspecified atom stereocenters. The van der Waals surface area contributed by atoms with Crippen molar-refractivity contribution in [3.63, 3.8) is 0 Å². The lowest BCUT2D eigenvalue weighted by atomic mass is 10.0. The van der Waals surface area contributed by atoms with Gasteiger partial charge in [-0.2, -0.15) is 5.26 Å². The first kappa shape index (κ1) is 14.5. The second-order valence-electron chi connectivity index (χ2n) is 5.19. The van der Waals surface area contributed by atoms with Crippen LogP contribution in [0.2, 0.25) is 0 Å². The Balaban J connectivity index is 2.13. The number of furan rings is 1. The standard InChI is InChI=1S/C18H11N3O2S/c1-24-18-20-15(13(9-19)17(22)21-18)12-7-4-6-11-10-5-2-3-8-14(10)23-16(11)12/h2-8H,1H3,(H,20,21,22). The molecular weight excluding hydrogens is 322 g/mol. The third kappa shape index (κ3) is 2.10. The summed E-state index contributed by atoms with van der Waals surface area (Å²) in [5.41, 5.74) is 1.91. The number of aromatic amines is 1. The van der Waals surface area contributed by atoms with E-state index in [1.54, 1.807) is 0 Å². The van der Waals surface area contributed by atoms with E-state index in [0.717, 1.165) is 16.4 Å². The molecule has 5 nitrogen and oxygen atoms in total. The van der Waals surface area contributed by atoms with Crippen LogP contribution in [0.15, 0.2) is 56.8 Å². The highest BCUT2D eigenvalue weighted by molar-refractivity contribution is 7.98. The van der Waals surface area contributed by atoms with E-state index < -0.39 is 5.56 Å². The molecule has 0 saturated heterocycles. The van der Waals surface area contributed by atoms with Crippen LogP contribution < -0.4 is 5.56 Å². The van der Waals surface area contributed by atoms with Gasteiger partial charge in [-0.1, -0.05) is 42.1 Å². The summed E-state index contributed by atoms with van der Waals surface area (Å²) in [5, 5.41) is 11.8. The number of hydrogen-bond acceptors (Lipinski definition) is 5. The van der Waals surface area contributed by atoms with Gasteiger partial charge >= 0.3 is 0 Å². The van der Waals surface area contributed by atoms with E-state index in [0.29, 0.717) is 22.0 Å². The second-order valence-corrected chi connectivity index (χ2v) is 5.99. The van der Waals surface area contributed by atoms with Crippen molar-refractivity contribution in [2.75, 3.05) is 6.26 Å². The van der Waals surface area contributed by atoms with Crippen LogP contribution in [0.4, 0.5) is 0 Å². The van der Waals surface area contributed by atoms with Crippen LogP contribution in [-0.4, -0.2) is 16.2 Å². The molecular formula is C18H11N3O2S. The molecule has 1 N–H and O–H groups in total. The third-order valence-electron chi connectivity index (χ3n) is 3.86. The number of nitrogens with zero attached hydrogens (tertiary/aromatic N) is 2. The van der Waals surface area contributed by atoms with E-state index >= 15 is 0 Å². The fourth-order valence-electron chi connectivity index (χ4n) is 2.78. The fraction of sp³-hybridized carbons (Fsp3) is 0.0556. The molecule has 0 amide bonds. The maximum absolute atomic E-state index is 12.2. The average molecular weight is 333 g/mol. The summed E-state index contributed by atoms with van der Waals surface area (Å²) in [6, 6.07) is 15.3. The number of benzene rings is 2. The number of nitriles is 1. The van der Waals surface area contributed by atoms with Gasteiger partial charge in [0.05, 0.1) is 0 Å². The number of H-pyrrole nitrogens is 1. The Morgan fingerprint density at radius 2 is 1.96 bits per heavy atom. The number of nitrogens with one attached hydrogen (secondary N) is 1. The lowest BCUT2D eigenvalue weighted by molar-refractivity contribution is 0.669. The zero-order valence-corrected chi connectivity index (χ0v) is 13.5. The Kier molecular flexibility index (Phi) is 3.36. The van der Waals surface area contributed by atoms with Crippen molar-refractivity contribution in [2.24, 2.45) is 0 Å². The molecule has 0 fully saturated rings. The highest BCUT2D eigenvalue weighted by Crippen LogP contribution is 2.35. The van der Waals surface area contributed by atoms with Gasteiger partial charge in [0.25, 0.3) is 5.56 Å². The minimum Gasteiger partial charge on any atom is -0.455 e. The van der Waals surface area contributed by atoms with Gasteiger partial charge in [-0.05, 0) is 18.4 Å². The van der Waals surface area contributed by atoms with Crippen LogP contribution in [0.1, 0.15) is 5.56 Å². The minimum atomic E-state index is -0.444. The molecule has 2 aromatic heterocycles. The van der Waals surface area contributed by atoms with Gasteiger partial charge in [0, 0.05) is 16.3 Å². The van der Waals surface area contributed by atoms with E-state index in [1.165, 1.54) is 11.8 Å². The van der Waals surface area contributed by atoms with Crippen molar-refractivity contribution >= 4 is 33.7 Å². The highest BCUT2D eigenvalue weighted by atomic mass is 32.2. The fourth-order valence-corrected chi connectivity index (χ4v) is 3.16. The predicted octanol–water partition coefficient (Wildman–Crippen LogP) is 3.93. The molecule has 4 rings (SSSR count). The number of hydrogen-bond donors (Lipinski definition) is 1. The molecule has 4 aromatic rings. The van der Waals surface area contributed by atoms with Crippen LogP contribution in [-0.2, 0) is 0 Å². The maximum Gasteiger partial charge on any atom is 0.270 e. The number of aromatic nitrogens is 2. The predicted molar refractivity (Wildman–Crippen MR) is 94.1 cm³/mol. The van der Waals surface area contributed by atoms with E-state index in [2.05, 4.69) is 9.97 Å². The van der Waals surface area contributed by atoms with Crippen molar-refractivity contribution in [2.45, 2.75) is 5.16 Å². The summed E-state index contributed by atoms with van der Waals surface area (Å²) in [7, 11) is 0. The molecule has 2 aromatic carbocycles. The molecule has 0 atom stereocenters. The van der Waals surface area contributed by atoms with Crippen molar-refractivity contribution < 1.29 is 4.42 Å². The van der Waals surface area contributed by atoms with E-state index in [9.17, 15) is 10.1 Å². The van der Waals surface area contributed by atoms with Gasteiger partial charge in [0.2, 0.25) is 0 Å². The average Bonchev–Trinajstić information content (AvgIpc) is 2.99. The normalized spacial score (nSPS) is 11.0. The first-order chi connectivity index (χ1) is 11.7. The second kappa shape index (κ2) is 5.55. The molecule has 0 radical (unpaired) electrons. The summed E-state index contributed by atoms with van der Waals surface area (Å²) < 4.78 is 5.98. The molecule has 0 saturated carbocycles. The quantitative estimate of drug-likeness (QED) is 0.444. The molecule has 0 aliphatic carbocycles. The smallest absolute Gasteiger partial charge is 0.270 e. The first-order valence-corrected chi connectivity index (χ1v) is 8.44. The zero-order valence-electron chi connectivity index (χ0n) is 12.7. The maximum atomic E-state index is 12.2. The Morgan fingerprint density at radius 3 is 2.75 bits per heavy atom. The lowest BCUT2D eigenvalue weighted by Gasteiger charge is -2.05. The molecule has 0 spiro atoms. The third-order valence-corrected chi connectivity index (χ3v) is 4.44. The zero-order chi connectivity index (χ0) is 16.7. The van der Waals surface area contributed by atoms with Crippen molar-refractivity contribution in [1.29, 1.82) is 5.26 Å². The minimum absolute atomic E-state index is 0.0132. The van der Waals surface area contributed by atoms with Crippen molar-refractivity contribution in [3.05, 3.63) is 58.4 Å². The number of rotatable bonds is 2. The van der Waals surface area contributed by atoms with Crippen LogP contribution in [0.3, 0.4) is 0 Å². The Bertz CT molecular complexity index is 1180. The van der Waals surface area contributed by atoms with E-state index in [-0.39, 0.29) is 5.56 Å². The van der Waals surface area contributed by atoms with Crippen molar-refractivity contribution in [3.8, 4) is 17.3 Å². The monoisotopic (exact) mass is 333 g/mol.